The number of carboxylic acid groups (broad SMARTS) is 1. The number of amides is 1. The first kappa shape index (κ1) is 26.5. The number of carbonyl (C=O) groups is 2. The Morgan fingerprint density at radius 1 is 1.17 bits per heavy atom. The lowest BCUT2D eigenvalue weighted by molar-refractivity contribution is 0.102. The number of hydrogen-bond donors (Lipinski definition) is 3. The van der Waals surface area contributed by atoms with E-state index >= 15 is 0 Å². The van der Waals surface area contributed by atoms with Crippen LogP contribution >= 0.6 is 0 Å². The zero-order valence-corrected chi connectivity index (χ0v) is 20.7. The highest BCUT2D eigenvalue weighted by Crippen LogP contribution is 2.27. The molecule has 2 heterocycles. The molecule has 0 bridgehead atoms. The molecule has 1 atom stereocenters. The summed E-state index contributed by atoms with van der Waals surface area (Å²) in [4.78, 5) is 36.0. The molecule has 1 aromatic carbocycles. The summed E-state index contributed by atoms with van der Waals surface area (Å²) in [6, 6.07) is 9.14. The number of aryl methyl sites for hydroxylation is 1. The number of fused-ring (bicyclic) bond motifs is 1. The molecule has 8 heteroatoms. The molecule has 8 nitrogen and oxygen atoms in total. The SMILES string of the molecule is CCCCc1ccc2oc(/C=C(\C)C(=O)c3c(O)cc(C(C)CC/C=C/NC(=O)O)oc3=O)cc2c1. The summed E-state index contributed by atoms with van der Waals surface area (Å²) in [5.41, 5.74) is 0.806. The van der Waals surface area contributed by atoms with E-state index in [9.17, 15) is 19.5 Å². The highest BCUT2D eigenvalue weighted by molar-refractivity contribution is 6.12. The van der Waals surface area contributed by atoms with Crippen molar-refractivity contribution in [1.29, 1.82) is 0 Å². The fourth-order valence-corrected chi connectivity index (χ4v) is 3.85. The van der Waals surface area contributed by atoms with Crippen molar-refractivity contribution in [3.8, 4) is 5.75 Å². The molecule has 0 saturated heterocycles. The first-order chi connectivity index (χ1) is 17.2. The molecule has 0 saturated carbocycles. The summed E-state index contributed by atoms with van der Waals surface area (Å²) in [6.45, 7) is 5.50. The number of rotatable bonds is 11. The third-order valence-corrected chi connectivity index (χ3v) is 5.89. The topological polar surface area (TPSA) is 130 Å². The fourth-order valence-electron chi connectivity index (χ4n) is 3.85. The van der Waals surface area contributed by atoms with Crippen molar-refractivity contribution in [2.24, 2.45) is 0 Å². The Morgan fingerprint density at radius 2 is 1.94 bits per heavy atom. The first-order valence-electron chi connectivity index (χ1n) is 12.0. The number of Topliss-reactive ketones (excluding diaryl/α,β-unsaturated/α-hetero) is 1. The van der Waals surface area contributed by atoms with Crippen LogP contribution in [-0.2, 0) is 6.42 Å². The number of ketones is 1. The van der Waals surface area contributed by atoms with Crippen LogP contribution in [0.4, 0.5) is 4.79 Å². The van der Waals surface area contributed by atoms with Gasteiger partial charge in [0.25, 0.3) is 0 Å². The van der Waals surface area contributed by atoms with Crippen molar-refractivity contribution in [2.75, 3.05) is 0 Å². The Morgan fingerprint density at radius 3 is 2.64 bits per heavy atom. The number of hydrogen-bond acceptors (Lipinski definition) is 6. The smallest absolute Gasteiger partial charge is 0.408 e. The van der Waals surface area contributed by atoms with Gasteiger partial charge in [-0.1, -0.05) is 32.4 Å². The zero-order valence-electron chi connectivity index (χ0n) is 20.7. The number of furan rings is 1. The highest BCUT2D eigenvalue weighted by Gasteiger charge is 2.22. The lowest BCUT2D eigenvalue weighted by Gasteiger charge is -2.11. The van der Waals surface area contributed by atoms with Crippen molar-refractivity contribution in [3.05, 3.63) is 81.2 Å². The van der Waals surface area contributed by atoms with E-state index in [0.717, 1.165) is 24.6 Å². The Balaban J connectivity index is 1.75. The molecule has 3 N–H and O–H groups in total. The van der Waals surface area contributed by atoms with E-state index < -0.39 is 28.8 Å². The minimum absolute atomic E-state index is 0.222. The molecular weight excluding hydrogens is 462 g/mol. The highest BCUT2D eigenvalue weighted by atomic mass is 16.4. The minimum Gasteiger partial charge on any atom is -0.507 e. The minimum atomic E-state index is -1.16. The monoisotopic (exact) mass is 493 g/mol. The first-order valence-corrected chi connectivity index (χ1v) is 12.0. The average Bonchev–Trinajstić information content (AvgIpc) is 3.22. The van der Waals surface area contributed by atoms with E-state index in [1.54, 1.807) is 26.0 Å². The fraction of sp³-hybridized carbons (Fsp3) is 0.321. The molecule has 0 spiro atoms. The molecule has 3 rings (SSSR count). The molecule has 1 unspecified atom stereocenters. The second-order valence-corrected chi connectivity index (χ2v) is 8.81. The quantitative estimate of drug-likeness (QED) is 0.208. The lowest BCUT2D eigenvalue weighted by Crippen LogP contribution is -2.16. The predicted molar refractivity (Wildman–Crippen MR) is 137 cm³/mol. The van der Waals surface area contributed by atoms with Gasteiger partial charge >= 0.3 is 11.7 Å². The van der Waals surface area contributed by atoms with Crippen LogP contribution in [0.15, 0.2) is 61.8 Å². The van der Waals surface area contributed by atoms with Gasteiger partial charge in [0.1, 0.15) is 28.4 Å². The Hall–Kier alpha value is -4.07. The van der Waals surface area contributed by atoms with E-state index in [1.807, 2.05) is 18.2 Å². The van der Waals surface area contributed by atoms with Crippen LogP contribution in [0.25, 0.3) is 17.0 Å². The normalized spacial score (nSPS) is 12.8. The van der Waals surface area contributed by atoms with Crippen LogP contribution in [0.3, 0.4) is 0 Å². The number of nitrogens with one attached hydrogen (secondary N) is 1. The molecule has 1 amide bonds. The van der Waals surface area contributed by atoms with Crippen LogP contribution < -0.4 is 10.9 Å². The molecule has 190 valence electrons. The molecule has 0 fully saturated rings. The molecule has 0 radical (unpaired) electrons. The van der Waals surface area contributed by atoms with Crippen molar-refractivity contribution in [3.63, 3.8) is 0 Å². The second-order valence-electron chi connectivity index (χ2n) is 8.81. The number of aromatic hydroxyl groups is 1. The van der Waals surface area contributed by atoms with Crippen LogP contribution in [0.5, 0.6) is 5.75 Å². The van der Waals surface area contributed by atoms with Gasteiger partial charge in [-0.25, -0.2) is 9.59 Å². The molecule has 2 aromatic heterocycles. The van der Waals surface area contributed by atoms with E-state index in [4.69, 9.17) is 13.9 Å². The Labute approximate surface area is 208 Å². The summed E-state index contributed by atoms with van der Waals surface area (Å²) in [7, 11) is 0. The van der Waals surface area contributed by atoms with Gasteiger partial charge in [-0.2, -0.15) is 0 Å². The summed E-state index contributed by atoms with van der Waals surface area (Å²) in [6.07, 6.45) is 7.61. The van der Waals surface area contributed by atoms with Gasteiger partial charge < -0.3 is 19.0 Å². The summed E-state index contributed by atoms with van der Waals surface area (Å²) in [5, 5.41) is 22.1. The van der Waals surface area contributed by atoms with Gasteiger partial charge in [-0.15, -0.1) is 0 Å². The molecule has 36 heavy (non-hydrogen) atoms. The van der Waals surface area contributed by atoms with Crippen molar-refractivity contribution in [2.45, 2.75) is 58.8 Å². The zero-order chi connectivity index (χ0) is 26.2. The Bertz CT molecular complexity index is 1360. The van der Waals surface area contributed by atoms with Crippen LogP contribution in [0.1, 0.15) is 79.8 Å². The molecule has 0 aliphatic rings. The standard InChI is InChI=1S/C28H31NO7/c1-4-5-9-19-10-11-23-20(14-19)15-21(35-23)13-18(3)26(31)25-22(30)16-24(36-27(25)32)17(2)8-6-7-12-29-28(33)34/h7,10-17,29-30H,4-6,8-9H2,1-3H3,(H,33,34)/b12-7+,18-13+. The number of unbranched alkanes of at least 4 members (excludes halogenated alkanes) is 1. The predicted octanol–water partition coefficient (Wildman–Crippen LogP) is 6.39. The van der Waals surface area contributed by atoms with E-state index in [1.165, 1.54) is 17.8 Å². The maximum atomic E-state index is 13.0. The summed E-state index contributed by atoms with van der Waals surface area (Å²) >= 11 is 0. The van der Waals surface area contributed by atoms with Gasteiger partial charge in [0.15, 0.2) is 5.78 Å². The maximum absolute atomic E-state index is 13.0. The van der Waals surface area contributed by atoms with Gasteiger partial charge in [0.05, 0.1) is 0 Å². The maximum Gasteiger partial charge on any atom is 0.408 e. The van der Waals surface area contributed by atoms with Crippen molar-refractivity contribution < 1.29 is 28.6 Å². The van der Waals surface area contributed by atoms with Crippen molar-refractivity contribution in [1.82, 2.24) is 5.32 Å². The third kappa shape index (κ3) is 6.75. The van der Waals surface area contributed by atoms with E-state index in [2.05, 4.69) is 18.3 Å². The summed E-state index contributed by atoms with van der Waals surface area (Å²) < 4.78 is 11.2. The molecule has 3 aromatic rings. The molecular formula is C28H31NO7. The van der Waals surface area contributed by atoms with Gasteiger partial charge in [0, 0.05) is 29.1 Å². The number of benzene rings is 1. The van der Waals surface area contributed by atoms with Crippen LogP contribution in [0, 0.1) is 0 Å². The molecule has 0 aliphatic heterocycles. The van der Waals surface area contributed by atoms with Gasteiger partial charge in [-0.05, 0) is 62.4 Å². The average molecular weight is 494 g/mol. The van der Waals surface area contributed by atoms with Gasteiger partial charge in [0.2, 0.25) is 0 Å². The van der Waals surface area contributed by atoms with Crippen molar-refractivity contribution >= 4 is 28.9 Å². The van der Waals surface area contributed by atoms with Crippen LogP contribution in [0.2, 0.25) is 0 Å². The lowest BCUT2D eigenvalue weighted by atomic mass is 9.99. The van der Waals surface area contributed by atoms with Gasteiger partial charge in [-0.3, -0.25) is 10.1 Å². The number of allylic oxidation sites excluding steroid dienone is 2. The summed E-state index contributed by atoms with van der Waals surface area (Å²) in [5.74, 6) is -0.613. The largest absolute Gasteiger partial charge is 0.507 e. The van der Waals surface area contributed by atoms with E-state index in [-0.39, 0.29) is 17.3 Å². The van der Waals surface area contributed by atoms with E-state index in [0.29, 0.717) is 24.2 Å². The molecule has 0 aliphatic carbocycles. The van der Waals surface area contributed by atoms with Crippen LogP contribution in [-0.4, -0.2) is 22.1 Å². The second kappa shape index (κ2) is 12.1. The Kier molecular flexibility index (Phi) is 8.89. The number of carbonyl (C=O) groups excluding carboxylic acids is 1. The third-order valence-electron chi connectivity index (χ3n) is 5.89.